The molecule has 0 aliphatic heterocycles. The van der Waals surface area contributed by atoms with E-state index in [9.17, 15) is 19.5 Å². The topological polar surface area (TPSA) is 93.1 Å². The minimum Gasteiger partial charge on any atom is -0.480 e. The van der Waals surface area contributed by atoms with Crippen LogP contribution in [0.15, 0.2) is 54.6 Å². The maximum absolute atomic E-state index is 12.6. The summed E-state index contributed by atoms with van der Waals surface area (Å²) >= 11 is 0. The molecule has 7 nitrogen and oxygen atoms in total. The van der Waals surface area contributed by atoms with E-state index >= 15 is 0 Å². The Hall–Kier alpha value is -3.35. The van der Waals surface area contributed by atoms with Gasteiger partial charge in [-0.2, -0.15) is 0 Å². The number of hydrogen-bond donors (Lipinski definition) is 1. The highest BCUT2D eigenvalue weighted by Gasteiger charge is 2.34. The van der Waals surface area contributed by atoms with Gasteiger partial charge in [-0.05, 0) is 51.3 Å². The van der Waals surface area contributed by atoms with Crippen LogP contribution in [0.5, 0.6) is 0 Å². The average molecular weight is 456 g/mol. The zero-order chi connectivity index (χ0) is 24.8. The Bertz CT molecular complexity index is 961. The lowest BCUT2D eigenvalue weighted by Crippen LogP contribution is -2.44. The second-order valence-corrected chi connectivity index (χ2v) is 9.53. The summed E-state index contributed by atoms with van der Waals surface area (Å²) in [5.74, 6) is -1.47. The molecular formula is C26H33NO6. The monoisotopic (exact) mass is 455 g/mol. The highest BCUT2D eigenvalue weighted by Crippen LogP contribution is 2.27. The Morgan fingerprint density at radius 1 is 0.909 bits per heavy atom. The number of amides is 1. The second-order valence-electron chi connectivity index (χ2n) is 9.53. The molecule has 0 spiro atoms. The zero-order valence-corrected chi connectivity index (χ0v) is 20.1. The maximum Gasteiger partial charge on any atom is 0.410 e. The number of aliphatic carboxylic acids is 1. The molecule has 0 saturated heterocycles. The molecule has 178 valence electrons. The van der Waals surface area contributed by atoms with E-state index < -0.39 is 29.1 Å². The number of carboxylic acids is 1. The Morgan fingerprint density at radius 2 is 1.48 bits per heavy atom. The summed E-state index contributed by atoms with van der Waals surface area (Å²) < 4.78 is 10.8. The smallest absolute Gasteiger partial charge is 0.410 e. The van der Waals surface area contributed by atoms with E-state index in [0.717, 1.165) is 16.0 Å². The first-order valence-corrected chi connectivity index (χ1v) is 10.8. The van der Waals surface area contributed by atoms with Crippen molar-refractivity contribution in [2.75, 3.05) is 7.05 Å². The predicted molar refractivity (Wildman–Crippen MR) is 125 cm³/mol. The summed E-state index contributed by atoms with van der Waals surface area (Å²) in [5.41, 5.74) is 0.824. The van der Waals surface area contributed by atoms with E-state index in [1.807, 2.05) is 51.1 Å². The summed E-state index contributed by atoms with van der Waals surface area (Å²) in [6, 6.07) is 15.2. The summed E-state index contributed by atoms with van der Waals surface area (Å²) in [4.78, 5) is 38.0. The quantitative estimate of drug-likeness (QED) is 0.586. The number of ether oxygens (including phenoxy) is 2. The van der Waals surface area contributed by atoms with Crippen molar-refractivity contribution in [3.63, 3.8) is 0 Å². The highest BCUT2D eigenvalue weighted by molar-refractivity contribution is 5.82. The van der Waals surface area contributed by atoms with Gasteiger partial charge in [0.1, 0.15) is 18.2 Å². The van der Waals surface area contributed by atoms with Crippen LogP contribution in [0.2, 0.25) is 0 Å². The molecule has 0 saturated carbocycles. The molecule has 2 rings (SSSR count). The van der Waals surface area contributed by atoms with Crippen LogP contribution in [0.4, 0.5) is 4.79 Å². The van der Waals surface area contributed by atoms with Crippen LogP contribution in [0, 0.1) is 0 Å². The van der Waals surface area contributed by atoms with Gasteiger partial charge in [0.05, 0.1) is 5.41 Å². The van der Waals surface area contributed by atoms with Gasteiger partial charge >= 0.3 is 18.0 Å². The maximum atomic E-state index is 12.6. The fraction of sp³-hybridized carbons (Fsp3) is 0.423. The number of benzene rings is 2. The highest BCUT2D eigenvalue weighted by atomic mass is 16.6. The molecule has 0 unspecified atom stereocenters. The number of likely N-dealkylation sites (N-methyl/N-ethyl adjacent to an activating group) is 1. The average Bonchev–Trinajstić information content (AvgIpc) is 2.75. The Labute approximate surface area is 195 Å². The molecule has 0 heterocycles. The van der Waals surface area contributed by atoms with Crippen molar-refractivity contribution >= 4 is 18.0 Å². The van der Waals surface area contributed by atoms with E-state index in [1.54, 1.807) is 38.1 Å². The van der Waals surface area contributed by atoms with Crippen LogP contribution >= 0.6 is 0 Å². The zero-order valence-electron chi connectivity index (χ0n) is 20.1. The third-order valence-electron chi connectivity index (χ3n) is 5.26. The number of rotatable bonds is 8. The number of nitrogens with zero attached hydrogens (tertiary/aromatic N) is 1. The number of esters is 1. The first kappa shape index (κ1) is 25.9. The van der Waals surface area contributed by atoms with E-state index in [1.165, 1.54) is 7.05 Å². The third kappa shape index (κ3) is 7.34. The molecule has 0 aliphatic rings. The van der Waals surface area contributed by atoms with Crippen molar-refractivity contribution in [2.24, 2.45) is 0 Å². The van der Waals surface area contributed by atoms with Gasteiger partial charge < -0.3 is 14.6 Å². The van der Waals surface area contributed by atoms with Gasteiger partial charge in [-0.25, -0.2) is 9.59 Å². The van der Waals surface area contributed by atoms with Gasteiger partial charge in [0.15, 0.2) is 0 Å². The fourth-order valence-corrected chi connectivity index (χ4v) is 3.14. The van der Waals surface area contributed by atoms with Gasteiger partial charge in [0.2, 0.25) is 0 Å². The summed E-state index contributed by atoms with van der Waals surface area (Å²) in [5, 5.41) is 9.69. The van der Waals surface area contributed by atoms with Gasteiger partial charge in [-0.15, -0.1) is 0 Å². The number of hydrogen-bond acceptors (Lipinski definition) is 5. The van der Waals surface area contributed by atoms with Crippen LogP contribution in [0.1, 0.15) is 51.3 Å². The molecule has 7 heteroatoms. The first-order valence-electron chi connectivity index (χ1n) is 10.8. The molecule has 2 aromatic carbocycles. The fourth-order valence-electron chi connectivity index (χ4n) is 3.14. The molecular weight excluding hydrogens is 422 g/mol. The van der Waals surface area contributed by atoms with Gasteiger partial charge in [0, 0.05) is 13.5 Å². The van der Waals surface area contributed by atoms with Crippen LogP contribution in [-0.2, 0) is 37.5 Å². The van der Waals surface area contributed by atoms with Gasteiger partial charge in [0.25, 0.3) is 0 Å². The normalized spacial score (nSPS) is 12.5. The second kappa shape index (κ2) is 10.5. The lowest BCUT2D eigenvalue weighted by molar-refractivity contribution is -0.160. The summed E-state index contributed by atoms with van der Waals surface area (Å²) in [7, 11) is 1.41. The third-order valence-corrected chi connectivity index (χ3v) is 5.26. The Kier molecular flexibility index (Phi) is 8.25. The number of carbonyl (C=O) groups excluding carboxylic acids is 2. The van der Waals surface area contributed by atoms with Crippen LogP contribution in [0.25, 0.3) is 0 Å². The van der Waals surface area contributed by atoms with Crippen molar-refractivity contribution in [1.82, 2.24) is 4.90 Å². The molecule has 2 aromatic rings. The lowest BCUT2D eigenvalue weighted by atomic mass is 9.84. The summed E-state index contributed by atoms with van der Waals surface area (Å²) in [6.45, 7) is 9.08. The lowest BCUT2D eigenvalue weighted by Gasteiger charge is -2.29. The first-order chi connectivity index (χ1) is 15.3. The standard InChI is InChI=1S/C26H33NO6/c1-25(2,3)33-23(30)26(4,5)20-14-12-18(13-15-20)16-21(22(28)29)27(6)24(31)32-17-19-10-8-7-9-11-19/h7-15,21H,16-17H2,1-6H3,(H,28,29)/t21-/m1/s1. The van der Waals surface area contributed by atoms with Crippen molar-refractivity contribution in [2.45, 2.75) is 64.7 Å². The molecule has 0 aliphatic carbocycles. The van der Waals surface area contributed by atoms with Crippen LogP contribution in [0.3, 0.4) is 0 Å². The Morgan fingerprint density at radius 3 is 2.00 bits per heavy atom. The van der Waals surface area contributed by atoms with Crippen LogP contribution < -0.4 is 0 Å². The minimum absolute atomic E-state index is 0.0603. The van der Waals surface area contributed by atoms with Crippen molar-refractivity contribution < 1.29 is 29.0 Å². The molecule has 0 bridgehead atoms. The molecule has 1 atom stereocenters. The SMILES string of the molecule is CN(C(=O)OCc1ccccc1)[C@H](Cc1ccc(C(C)(C)C(=O)OC(C)(C)C)cc1)C(=O)O. The van der Waals surface area contributed by atoms with Gasteiger partial charge in [-0.1, -0.05) is 54.6 Å². The van der Waals surface area contributed by atoms with Crippen LogP contribution in [-0.4, -0.2) is 46.7 Å². The molecule has 0 radical (unpaired) electrons. The van der Waals surface area contributed by atoms with E-state index in [-0.39, 0.29) is 19.0 Å². The number of carboxylic acid groups (broad SMARTS) is 1. The van der Waals surface area contributed by atoms with Gasteiger partial charge in [-0.3, -0.25) is 9.69 Å². The molecule has 33 heavy (non-hydrogen) atoms. The molecule has 1 amide bonds. The molecule has 0 aromatic heterocycles. The molecule has 1 N–H and O–H groups in total. The van der Waals surface area contributed by atoms with Crippen molar-refractivity contribution in [1.29, 1.82) is 0 Å². The predicted octanol–water partition coefficient (Wildman–Crippen LogP) is 4.57. The van der Waals surface area contributed by atoms with E-state index in [4.69, 9.17) is 9.47 Å². The molecule has 0 fully saturated rings. The largest absolute Gasteiger partial charge is 0.480 e. The summed E-state index contributed by atoms with van der Waals surface area (Å²) in [6.07, 6.45) is -0.617. The minimum atomic E-state index is -1.13. The van der Waals surface area contributed by atoms with Crippen molar-refractivity contribution in [3.05, 3.63) is 71.3 Å². The van der Waals surface area contributed by atoms with Crippen molar-refractivity contribution in [3.8, 4) is 0 Å². The van der Waals surface area contributed by atoms with E-state index in [0.29, 0.717) is 5.56 Å². The number of carbonyl (C=O) groups is 3. The van der Waals surface area contributed by atoms with E-state index in [2.05, 4.69) is 0 Å². The Balaban J connectivity index is 2.07.